The minimum absolute atomic E-state index is 0.0128. The van der Waals surface area contributed by atoms with Gasteiger partial charge < -0.3 is 14.6 Å². The predicted octanol–water partition coefficient (Wildman–Crippen LogP) is 3.24. The molecule has 0 radical (unpaired) electrons. The summed E-state index contributed by atoms with van der Waals surface area (Å²) in [5.41, 5.74) is 1.81. The van der Waals surface area contributed by atoms with Crippen molar-refractivity contribution in [2.45, 2.75) is 50.9 Å². The number of carbonyl (C=O) groups is 1. The number of nitrogens with one attached hydrogen (secondary N) is 1. The molecule has 0 bridgehead atoms. The molecule has 2 aromatic rings. The number of rotatable bonds is 9. The van der Waals surface area contributed by atoms with Crippen molar-refractivity contribution in [3.8, 4) is 17.3 Å². The average Bonchev–Trinajstić information content (AvgIpc) is 3.43. The molecule has 1 aliphatic carbocycles. The largest absolute Gasteiger partial charge is 0.465 e. The van der Waals surface area contributed by atoms with Gasteiger partial charge in [0.1, 0.15) is 12.1 Å². The molecule has 1 saturated carbocycles. The van der Waals surface area contributed by atoms with Gasteiger partial charge in [-0.3, -0.25) is 10.00 Å². The normalized spacial score (nSPS) is 15.3. The number of nitrogens with zero attached hydrogens (tertiary/aromatic N) is 5. The molecule has 1 atom stereocenters. The zero-order chi connectivity index (χ0) is 21.5. The second kappa shape index (κ2) is 10.1. The highest BCUT2D eigenvalue weighted by molar-refractivity contribution is 5.84. The van der Waals surface area contributed by atoms with Gasteiger partial charge in [-0.2, -0.15) is 10.4 Å². The van der Waals surface area contributed by atoms with Gasteiger partial charge >= 0.3 is 6.09 Å². The minimum atomic E-state index is -1.22. The molecule has 160 valence electrons. The van der Waals surface area contributed by atoms with Crippen molar-refractivity contribution in [2.75, 3.05) is 19.5 Å². The molecular formula is C20H26N6O4. The second-order valence-electron chi connectivity index (χ2n) is 7.27. The Hall–Kier alpha value is -3.03. The molecule has 2 N–H and O–H groups in total. The Kier molecular flexibility index (Phi) is 7.32. The first-order chi connectivity index (χ1) is 14.6. The van der Waals surface area contributed by atoms with Gasteiger partial charge in [0.25, 0.3) is 0 Å². The van der Waals surface area contributed by atoms with Crippen LogP contribution in [0.2, 0.25) is 0 Å². The maximum absolute atomic E-state index is 11.2. The van der Waals surface area contributed by atoms with E-state index in [1.54, 1.807) is 6.20 Å². The molecule has 2 aromatic heterocycles. The first kappa shape index (κ1) is 21.7. The van der Waals surface area contributed by atoms with Crippen LogP contribution in [0.4, 0.5) is 10.6 Å². The van der Waals surface area contributed by atoms with Crippen LogP contribution in [0.3, 0.4) is 0 Å². The highest BCUT2D eigenvalue weighted by Crippen LogP contribution is 2.37. The number of methoxy groups -OCH3 is 2. The molecule has 0 saturated heterocycles. The molecule has 0 aliphatic heterocycles. The van der Waals surface area contributed by atoms with Crippen molar-refractivity contribution in [3.05, 3.63) is 24.3 Å². The number of amides is 1. The fraction of sp³-hybridized carbons (Fsp3) is 0.550. The fourth-order valence-corrected chi connectivity index (χ4v) is 4.05. The van der Waals surface area contributed by atoms with Crippen molar-refractivity contribution in [3.63, 3.8) is 0 Å². The Morgan fingerprint density at radius 3 is 2.73 bits per heavy atom. The topological polar surface area (TPSA) is 135 Å². The lowest BCUT2D eigenvalue weighted by Gasteiger charge is -2.21. The summed E-state index contributed by atoms with van der Waals surface area (Å²) < 4.78 is 12.4. The third kappa shape index (κ3) is 4.93. The predicted molar refractivity (Wildman–Crippen MR) is 108 cm³/mol. The summed E-state index contributed by atoms with van der Waals surface area (Å²) in [6.45, 7) is 0. The van der Waals surface area contributed by atoms with E-state index in [1.807, 2.05) is 10.9 Å². The van der Waals surface area contributed by atoms with Crippen LogP contribution >= 0.6 is 0 Å². The van der Waals surface area contributed by atoms with Crippen molar-refractivity contribution in [1.29, 1.82) is 5.26 Å². The number of ether oxygens (including phenoxy) is 2. The van der Waals surface area contributed by atoms with Crippen molar-refractivity contribution in [1.82, 2.24) is 19.7 Å². The summed E-state index contributed by atoms with van der Waals surface area (Å²) in [6.07, 6.45) is 8.22. The van der Waals surface area contributed by atoms with E-state index >= 15 is 0 Å². The monoisotopic (exact) mass is 414 g/mol. The van der Waals surface area contributed by atoms with E-state index < -0.39 is 12.4 Å². The first-order valence-corrected chi connectivity index (χ1v) is 9.88. The second-order valence-corrected chi connectivity index (χ2v) is 7.27. The van der Waals surface area contributed by atoms with Gasteiger partial charge in [-0.1, -0.05) is 12.8 Å². The summed E-state index contributed by atoms with van der Waals surface area (Å²) in [6, 6.07) is 2.29. The number of hydrogen-bond donors (Lipinski definition) is 2. The zero-order valence-electron chi connectivity index (χ0n) is 17.1. The summed E-state index contributed by atoms with van der Waals surface area (Å²) in [5.74, 6) is 0.599. The summed E-state index contributed by atoms with van der Waals surface area (Å²) in [4.78, 5) is 19.7. The third-order valence-electron chi connectivity index (χ3n) is 5.53. The van der Waals surface area contributed by atoms with Gasteiger partial charge in [0.05, 0.1) is 30.4 Å². The van der Waals surface area contributed by atoms with E-state index in [0.29, 0.717) is 29.2 Å². The van der Waals surface area contributed by atoms with Crippen LogP contribution in [0.15, 0.2) is 18.7 Å². The van der Waals surface area contributed by atoms with Crippen LogP contribution < -0.4 is 5.32 Å². The van der Waals surface area contributed by atoms with Crippen LogP contribution in [-0.2, 0) is 15.9 Å². The van der Waals surface area contributed by atoms with Crippen LogP contribution in [-0.4, -0.2) is 51.5 Å². The quantitative estimate of drug-likeness (QED) is 0.597. The highest BCUT2D eigenvalue weighted by Gasteiger charge is 2.28. The van der Waals surface area contributed by atoms with Gasteiger partial charge in [-0.25, -0.2) is 14.8 Å². The number of hydrogen-bond acceptors (Lipinski definition) is 7. The van der Waals surface area contributed by atoms with Crippen LogP contribution in [0.5, 0.6) is 0 Å². The van der Waals surface area contributed by atoms with E-state index in [4.69, 9.17) is 9.47 Å². The highest BCUT2D eigenvalue weighted by atomic mass is 16.7. The van der Waals surface area contributed by atoms with Crippen LogP contribution in [0, 0.1) is 17.2 Å². The number of nitriles is 1. The molecule has 0 spiro atoms. The lowest BCUT2D eigenvalue weighted by atomic mass is 9.96. The maximum atomic E-state index is 11.2. The Balaban J connectivity index is 1.98. The third-order valence-corrected chi connectivity index (χ3v) is 5.53. The van der Waals surface area contributed by atoms with Crippen molar-refractivity contribution >= 4 is 11.9 Å². The Morgan fingerprint density at radius 2 is 2.10 bits per heavy atom. The maximum Gasteiger partial charge on any atom is 0.410 e. The minimum Gasteiger partial charge on any atom is -0.465 e. The summed E-state index contributed by atoms with van der Waals surface area (Å²) in [7, 11) is 3.02. The van der Waals surface area contributed by atoms with Gasteiger partial charge in [0, 0.05) is 38.0 Å². The standard InChI is InChI=1S/C20H26N6O4/c1-29-17(30-2)9-15-18(22-12-23-19(15)25-20(27)28)14-10-24-26(11-14)16(7-8-21)13-5-3-4-6-13/h10-13,16-17H,3-7,9H2,1-2H3,(H,27,28)(H,22,23,25). The molecular weight excluding hydrogens is 388 g/mol. The SMILES string of the molecule is COC(Cc1c(NC(=O)O)ncnc1-c1cnn(C(CC#N)C2CCCC2)c1)OC. The Morgan fingerprint density at radius 1 is 1.37 bits per heavy atom. The van der Waals surface area contributed by atoms with E-state index in [-0.39, 0.29) is 18.3 Å². The molecule has 1 fully saturated rings. The van der Waals surface area contributed by atoms with Gasteiger partial charge in [-0.05, 0) is 18.8 Å². The molecule has 1 amide bonds. The fourth-order valence-electron chi connectivity index (χ4n) is 4.05. The summed E-state index contributed by atoms with van der Waals surface area (Å²) in [5, 5.41) is 25.3. The average molecular weight is 414 g/mol. The lowest BCUT2D eigenvalue weighted by molar-refractivity contribution is -0.100. The van der Waals surface area contributed by atoms with Crippen molar-refractivity contribution < 1.29 is 19.4 Å². The first-order valence-electron chi connectivity index (χ1n) is 9.88. The lowest BCUT2D eigenvalue weighted by Crippen LogP contribution is -2.20. The molecule has 10 heteroatoms. The molecule has 0 aromatic carbocycles. The van der Waals surface area contributed by atoms with E-state index in [2.05, 4.69) is 26.5 Å². The van der Waals surface area contributed by atoms with Crippen LogP contribution in [0.25, 0.3) is 11.3 Å². The van der Waals surface area contributed by atoms with Crippen molar-refractivity contribution in [2.24, 2.45) is 5.92 Å². The van der Waals surface area contributed by atoms with Gasteiger partial charge in [0.15, 0.2) is 6.29 Å². The van der Waals surface area contributed by atoms with Gasteiger partial charge in [0.2, 0.25) is 0 Å². The molecule has 1 unspecified atom stereocenters. The zero-order valence-corrected chi connectivity index (χ0v) is 17.1. The molecule has 1 aliphatic rings. The molecule has 10 nitrogen and oxygen atoms in total. The number of anilines is 1. The molecule has 30 heavy (non-hydrogen) atoms. The smallest absolute Gasteiger partial charge is 0.410 e. The Bertz CT molecular complexity index is 899. The summed E-state index contributed by atoms with van der Waals surface area (Å²) >= 11 is 0. The van der Waals surface area contributed by atoms with E-state index in [0.717, 1.165) is 12.8 Å². The number of carboxylic acid groups (broad SMARTS) is 1. The van der Waals surface area contributed by atoms with Gasteiger partial charge in [-0.15, -0.1) is 0 Å². The number of aromatic nitrogens is 4. The molecule has 2 heterocycles. The van der Waals surface area contributed by atoms with E-state index in [9.17, 15) is 15.2 Å². The van der Waals surface area contributed by atoms with E-state index in [1.165, 1.54) is 33.4 Å². The molecule has 3 rings (SSSR count). The van der Waals surface area contributed by atoms with Crippen LogP contribution in [0.1, 0.15) is 43.7 Å². The Labute approximate surface area is 174 Å².